The first-order chi connectivity index (χ1) is 11.2. The molecule has 2 rings (SSSR count). The van der Waals surface area contributed by atoms with Gasteiger partial charge in [-0.3, -0.25) is 14.5 Å². The zero-order valence-corrected chi connectivity index (χ0v) is 14.5. The van der Waals surface area contributed by atoms with E-state index in [0.29, 0.717) is 17.7 Å². The van der Waals surface area contributed by atoms with Gasteiger partial charge in [-0.1, -0.05) is 12.1 Å². The van der Waals surface area contributed by atoms with Crippen LogP contribution >= 0.6 is 0 Å². The van der Waals surface area contributed by atoms with E-state index >= 15 is 0 Å². The number of nitrogens with zero attached hydrogens (tertiary/aromatic N) is 1. The molecule has 1 aromatic carbocycles. The van der Waals surface area contributed by atoms with Gasteiger partial charge in [-0.25, -0.2) is 4.79 Å². The van der Waals surface area contributed by atoms with E-state index < -0.39 is 11.7 Å². The molecule has 0 saturated carbocycles. The first kappa shape index (κ1) is 18.0. The molecule has 1 heterocycles. The Kier molecular flexibility index (Phi) is 5.26. The van der Waals surface area contributed by atoms with Crippen molar-refractivity contribution in [1.29, 1.82) is 0 Å². The third-order valence-corrected chi connectivity index (χ3v) is 3.69. The lowest BCUT2D eigenvalue weighted by molar-refractivity contribution is -0.140. The molecule has 1 aliphatic rings. The average molecular weight is 333 g/mol. The summed E-state index contributed by atoms with van der Waals surface area (Å²) >= 11 is 0. The summed E-state index contributed by atoms with van der Waals surface area (Å²) in [4.78, 5) is 37.7. The van der Waals surface area contributed by atoms with E-state index in [0.717, 1.165) is 5.56 Å². The molecule has 24 heavy (non-hydrogen) atoms. The van der Waals surface area contributed by atoms with Crippen LogP contribution in [0.5, 0.6) is 0 Å². The first-order valence-electron chi connectivity index (χ1n) is 7.95. The molecule has 6 nitrogen and oxygen atoms in total. The van der Waals surface area contributed by atoms with Crippen LogP contribution in [0.2, 0.25) is 0 Å². The normalized spacial score (nSPS) is 14.2. The van der Waals surface area contributed by atoms with E-state index in [2.05, 4.69) is 4.74 Å². The molecule has 0 atom stereocenters. The Balaban J connectivity index is 2.36. The first-order valence-corrected chi connectivity index (χ1v) is 7.95. The van der Waals surface area contributed by atoms with Crippen LogP contribution < -0.4 is 4.90 Å². The van der Waals surface area contributed by atoms with E-state index in [9.17, 15) is 14.4 Å². The van der Waals surface area contributed by atoms with Crippen LogP contribution in [0.25, 0.3) is 0 Å². The number of carbonyl (C=O) groups excluding carboxylic acids is 3. The summed E-state index contributed by atoms with van der Waals surface area (Å²) in [7, 11) is 1.33. The number of rotatable bonds is 3. The van der Waals surface area contributed by atoms with Gasteiger partial charge in [-0.2, -0.15) is 0 Å². The van der Waals surface area contributed by atoms with Gasteiger partial charge in [0.25, 0.3) is 0 Å². The summed E-state index contributed by atoms with van der Waals surface area (Å²) in [6.07, 6.45) is 0.347. The van der Waals surface area contributed by atoms with E-state index in [1.54, 1.807) is 32.9 Å². The Morgan fingerprint density at radius 1 is 1.25 bits per heavy atom. The van der Waals surface area contributed by atoms with Crippen molar-refractivity contribution in [3.8, 4) is 0 Å². The average Bonchev–Trinajstić information content (AvgIpc) is 2.51. The van der Waals surface area contributed by atoms with E-state index in [1.165, 1.54) is 12.0 Å². The highest BCUT2D eigenvalue weighted by molar-refractivity contribution is 6.08. The summed E-state index contributed by atoms with van der Waals surface area (Å²) in [5.41, 5.74) is 1.18. The fraction of sp³-hybridized carbons (Fsp3) is 0.500. The van der Waals surface area contributed by atoms with Crippen molar-refractivity contribution in [2.75, 3.05) is 18.6 Å². The van der Waals surface area contributed by atoms with E-state index in [4.69, 9.17) is 4.74 Å². The Bertz CT molecular complexity index is 660. The molecule has 0 fully saturated rings. The smallest absolute Gasteiger partial charge is 0.414 e. The molecule has 0 unspecified atom stereocenters. The number of esters is 1. The minimum absolute atomic E-state index is 0.00951. The van der Waals surface area contributed by atoms with Crippen LogP contribution in [0.15, 0.2) is 18.2 Å². The standard InChI is InChI=1S/C18H23NO5/c1-18(2,3)24-17(22)19-11-10-14(20)13-7-5-6-12(16(13)19)8-9-15(21)23-4/h5-7H,8-11H2,1-4H3. The van der Waals surface area contributed by atoms with Crippen molar-refractivity contribution >= 4 is 23.5 Å². The minimum atomic E-state index is -0.625. The third-order valence-electron chi connectivity index (χ3n) is 3.69. The van der Waals surface area contributed by atoms with Gasteiger partial charge < -0.3 is 9.47 Å². The highest BCUT2D eigenvalue weighted by Crippen LogP contribution is 2.33. The second kappa shape index (κ2) is 7.03. The molecule has 0 aliphatic carbocycles. The van der Waals surface area contributed by atoms with Crippen LogP contribution in [0, 0.1) is 0 Å². The highest BCUT2D eigenvalue weighted by atomic mass is 16.6. The van der Waals surface area contributed by atoms with Crippen LogP contribution in [-0.2, 0) is 20.7 Å². The van der Waals surface area contributed by atoms with Gasteiger partial charge in [-0.05, 0) is 38.8 Å². The molecule has 0 aromatic heterocycles. The molecule has 130 valence electrons. The van der Waals surface area contributed by atoms with E-state index in [-0.39, 0.29) is 31.1 Å². The zero-order valence-electron chi connectivity index (χ0n) is 14.5. The predicted molar refractivity (Wildman–Crippen MR) is 89.3 cm³/mol. The van der Waals surface area contributed by atoms with Crippen LogP contribution in [0.4, 0.5) is 10.5 Å². The number of ketones is 1. The summed E-state index contributed by atoms with van der Waals surface area (Å²) in [5.74, 6) is -0.344. The number of aryl methyl sites for hydroxylation is 1. The van der Waals surface area contributed by atoms with Crippen molar-refractivity contribution in [1.82, 2.24) is 0 Å². The Morgan fingerprint density at radius 2 is 1.96 bits per heavy atom. The quantitative estimate of drug-likeness (QED) is 0.795. The van der Waals surface area contributed by atoms with Crippen molar-refractivity contribution in [3.05, 3.63) is 29.3 Å². The Morgan fingerprint density at radius 3 is 2.58 bits per heavy atom. The van der Waals surface area contributed by atoms with Crippen molar-refractivity contribution in [2.24, 2.45) is 0 Å². The topological polar surface area (TPSA) is 72.9 Å². The Labute approximate surface area is 141 Å². The number of fused-ring (bicyclic) bond motifs is 1. The molecule has 0 saturated heterocycles. The number of para-hydroxylation sites is 1. The number of hydrogen-bond acceptors (Lipinski definition) is 5. The maximum Gasteiger partial charge on any atom is 0.414 e. The fourth-order valence-electron chi connectivity index (χ4n) is 2.64. The summed E-state index contributed by atoms with van der Waals surface area (Å²) in [6.45, 7) is 5.66. The summed E-state index contributed by atoms with van der Waals surface area (Å²) in [6, 6.07) is 5.29. The molecule has 1 aromatic rings. The third kappa shape index (κ3) is 4.13. The lowest BCUT2D eigenvalue weighted by Gasteiger charge is -2.32. The van der Waals surface area contributed by atoms with Crippen LogP contribution in [0.1, 0.15) is 49.5 Å². The van der Waals surface area contributed by atoms with Gasteiger partial charge >= 0.3 is 12.1 Å². The maximum atomic E-state index is 12.5. The number of benzene rings is 1. The number of ether oxygens (including phenoxy) is 2. The molecule has 0 radical (unpaired) electrons. The second-order valence-electron chi connectivity index (χ2n) is 6.69. The monoisotopic (exact) mass is 333 g/mol. The number of methoxy groups -OCH3 is 1. The molecule has 1 amide bonds. The minimum Gasteiger partial charge on any atom is -0.469 e. The van der Waals surface area contributed by atoms with Crippen molar-refractivity contribution in [2.45, 2.75) is 45.6 Å². The lowest BCUT2D eigenvalue weighted by atomic mass is 9.95. The van der Waals surface area contributed by atoms with Gasteiger partial charge in [0.2, 0.25) is 0 Å². The van der Waals surface area contributed by atoms with Gasteiger partial charge in [0, 0.05) is 24.9 Å². The van der Waals surface area contributed by atoms with Crippen molar-refractivity contribution in [3.63, 3.8) is 0 Å². The zero-order chi connectivity index (χ0) is 17.9. The number of amides is 1. The van der Waals surface area contributed by atoms with Gasteiger partial charge in [-0.15, -0.1) is 0 Å². The van der Waals surface area contributed by atoms with Crippen LogP contribution in [0.3, 0.4) is 0 Å². The largest absolute Gasteiger partial charge is 0.469 e. The number of carbonyl (C=O) groups is 3. The lowest BCUT2D eigenvalue weighted by Crippen LogP contribution is -2.41. The molecule has 0 bridgehead atoms. The maximum absolute atomic E-state index is 12.5. The van der Waals surface area contributed by atoms with Gasteiger partial charge in [0.15, 0.2) is 5.78 Å². The molecular formula is C18H23NO5. The second-order valence-corrected chi connectivity index (χ2v) is 6.69. The van der Waals surface area contributed by atoms with Crippen LogP contribution in [-0.4, -0.2) is 37.1 Å². The molecule has 0 N–H and O–H groups in total. The summed E-state index contributed by atoms with van der Waals surface area (Å²) in [5, 5.41) is 0. The highest BCUT2D eigenvalue weighted by Gasteiger charge is 2.32. The number of anilines is 1. The van der Waals surface area contributed by atoms with Gasteiger partial charge in [0.05, 0.1) is 12.8 Å². The van der Waals surface area contributed by atoms with Gasteiger partial charge in [0.1, 0.15) is 5.60 Å². The van der Waals surface area contributed by atoms with Crippen molar-refractivity contribution < 1.29 is 23.9 Å². The van der Waals surface area contributed by atoms with E-state index in [1.807, 2.05) is 6.07 Å². The molecular weight excluding hydrogens is 310 g/mol. The SMILES string of the molecule is COC(=O)CCc1cccc2c1N(C(=O)OC(C)(C)C)CCC2=O. The Hall–Kier alpha value is -2.37. The molecule has 1 aliphatic heterocycles. The molecule has 0 spiro atoms. The fourth-order valence-corrected chi connectivity index (χ4v) is 2.64. The predicted octanol–water partition coefficient (Wildman–Crippen LogP) is 3.12. The molecule has 6 heteroatoms. The number of Topliss-reactive ketones (excluding diaryl/α,β-unsaturated/α-hetero) is 1. The summed E-state index contributed by atoms with van der Waals surface area (Å²) < 4.78 is 10.1. The number of hydrogen-bond donors (Lipinski definition) is 0.